The molecule has 0 aromatic rings. The van der Waals surface area contributed by atoms with Crippen molar-refractivity contribution in [2.75, 3.05) is 18.1 Å². The first-order chi connectivity index (χ1) is 9.78. The molecular formula is C14H23NO5S. The highest BCUT2D eigenvalue weighted by molar-refractivity contribution is 7.91. The third-order valence-corrected chi connectivity index (χ3v) is 6.35. The molecule has 1 amide bonds. The SMILES string of the molecule is CC1CCC(C(=O)N(CC(=O)O)C2CCS(=O)(=O)C2)CC1. The van der Waals surface area contributed by atoms with Crippen LogP contribution in [0, 0.1) is 11.8 Å². The number of carbonyl (C=O) groups excluding carboxylic acids is 1. The summed E-state index contributed by atoms with van der Waals surface area (Å²) >= 11 is 0. The Kier molecular flexibility index (Phi) is 4.91. The zero-order chi connectivity index (χ0) is 15.6. The van der Waals surface area contributed by atoms with E-state index in [1.54, 1.807) is 0 Å². The molecule has 0 bridgehead atoms. The van der Waals surface area contributed by atoms with Gasteiger partial charge in [-0.3, -0.25) is 9.59 Å². The standard InChI is InChI=1S/C14H23NO5S/c1-10-2-4-11(5-3-10)14(18)15(8-13(16)17)12-6-7-21(19,20)9-12/h10-12H,2-9H2,1H3,(H,16,17). The summed E-state index contributed by atoms with van der Waals surface area (Å²) in [6, 6.07) is -0.474. The number of hydrogen-bond donors (Lipinski definition) is 1. The fraction of sp³-hybridized carbons (Fsp3) is 0.857. The molecule has 6 nitrogen and oxygen atoms in total. The van der Waals surface area contributed by atoms with E-state index in [-0.39, 0.29) is 23.3 Å². The number of amides is 1. The van der Waals surface area contributed by atoms with E-state index < -0.39 is 28.4 Å². The Bertz CT molecular complexity index is 507. The summed E-state index contributed by atoms with van der Waals surface area (Å²) in [5.41, 5.74) is 0. The number of carboxylic acids is 1. The minimum absolute atomic E-state index is 0.0444. The van der Waals surface area contributed by atoms with Crippen LogP contribution in [-0.2, 0) is 19.4 Å². The predicted octanol–water partition coefficient (Wildman–Crippen LogP) is 0.913. The average molecular weight is 317 g/mol. The Morgan fingerprint density at radius 2 is 1.76 bits per heavy atom. The maximum absolute atomic E-state index is 12.6. The summed E-state index contributed by atoms with van der Waals surface area (Å²) in [5, 5.41) is 9.02. The second-order valence-corrected chi connectivity index (χ2v) is 8.60. The molecule has 2 fully saturated rings. The van der Waals surface area contributed by atoms with Gasteiger partial charge in [0.05, 0.1) is 11.5 Å². The first kappa shape index (κ1) is 16.3. The molecule has 1 saturated heterocycles. The lowest BCUT2D eigenvalue weighted by molar-refractivity contribution is -0.148. The number of nitrogens with zero attached hydrogens (tertiary/aromatic N) is 1. The van der Waals surface area contributed by atoms with Crippen molar-refractivity contribution in [1.29, 1.82) is 0 Å². The van der Waals surface area contributed by atoms with E-state index in [2.05, 4.69) is 6.92 Å². The van der Waals surface area contributed by atoms with Gasteiger partial charge in [0.15, 0.2) is 9.84 Å². The minimum Gasteiger partial charge on any atom is -0.480 e. The minimum atomic E-state index is -3.14. The molecule has 1 aliphatic heterocycles. The smallest absolute Gasteiger partial charge is 0.323 e. The number of carbonyl (C=O) groups is 2. The van der Waals surface area contributed by atoms with Gasteiger partial charge in [0, 0.05) is 12.0 Å². The summed E-state index contributed by atoms with van der Waals surface area (Å²) in [6.45, 7) is 1.75. The van der Waals surface area contributed by atoms with Crippen LogP contribution in [0.3, 0.4) is 0 Å². The van der Waals surface area contributed by atoms with Crippen molar-refractivity contribution in [3.05, 3.63) is 0 Å². The maximum atomic E-state index is 12.6. The predicted molar refractivity (Wildman–Crippen MR) is 77.5 cm³/mol. The van der Waals surface area contributed by atoms with Gasteiger partial charge < -0.3 is 10.0 Å². The fourth-order valence-electron chi connectivity index (χ4n) is 3.30. The van der Waals surface area contributed by atoms with Crippen LogP contribution in [0.25, 0.3) is 0 Å². The third kappa shape index (κ3) is 4.18. The number of carboxylic acid groups (broad SMARTS) is 1. The van der Waals surface area contributed by atoms with Crippen molar-refractivity contribution < 1.29 is 23.1 Å². The zero-order valence-electron chi connectivity index (χ0n) is 12.3. The van der Waals surface area contributed by atoms with E-state index >= 15 is 0 Å². The van der Waals surface area contributed by atoms with Gasteiger partial charge in [-0.1, -0.05) is 6.92 Å². The van der Waals surface area contributed by atoms with Gasteiger partial charge >= 0.3 is 5.97 Å². The van der Waals surface area contributed by atoms with E-state index in [0.29, 0.717) is 12.3 Å². The molecule has 0 aromatic carbocycles. The summed E-state index contributed by atoms with van der Waals surface area (Å²) in [6.07, 6.45) is 3.84. The Labute approximate surface area is 125 Å². The molecule has 2 aliphatic rings. The van der Waals surface area contributed by atoms with E-state index in [1.807, 2.05) is 0 Å². The summed E-state index contributed by atoms with van der Waals surface area (Å²) in [5.74, 6) is -0.862. The van der Waals surface area contributed by atoms with Crippen LogP contribution in [0.15, 0.2) is 0 Å². The van der Waals surface area contributed by atoms with Crippen LogP contribution in [0.5, 0.6) is 0 Å². The Balaban J connectivity index is 2.08. The van der Waals surface area contributed by atoms with Crippen LogP contribution in [0.4, 0.5) is 0 Å². The zero-order valence-corrected chi connectivity index (χ0v) is 13.1. The quantitative estimate of drug-likeness (QED) is 0.832. The van der Waals surface area contributed by atoms with Gasteiger partial charge in [-0.05, 0) is 38.0 Å². The van der Waals surface area contributed by atoms with E-state index in [0.717, 1.165) is 25.7 Å². The lowest BCUT2D eigenvalue weighted by atomic mass is 9.82. The second kappa shape index (κ2) is 6.34. The van der Waals surface area contributed by atoms with Crippen molar-refractivity contribution in [3.63, 3.8) is 0 Å². The molecule has 1 heterocycles. The molecule has 2 rings (SSSR count). The summed E-state index contributed by atoms with van der Waals surface area (Å²) in [7, 11) is -3.14. The molecule has 0 aromatic heterocycles. The van der Waals surface area contributed by atoms with E-state index in [9.17, 15) is 18.0 Å². The van der Waals surface area contributed by atoms with Crippen molar-refractivity contribution in [1.82, 2.24) is 4.90 Å². The molecule has 1 aliphatic carbocycles. The lowest BCUT2D eigenvalue weighted by Gasteiger charge is -2.33. The molecule has 0 radical (unpaired) electrons. The number of hydrogen-bond acceptors (Lipinski definition) is 4. The van der Waals surface area contributed by atoms with Crippen molar-refractivity contribution in [2.45, 2.75) is 45.1 Å². The largest absolute Gasteiger partial charge is 0.480 e. The van der Waals surface area contributed by atoms with Crippen LogP contribution in [-0.4, -0.2) is 54.4 Å². The normalized spacial score (nSPS) is 31.8. The maximum Gasteiger partial charge on any atom is 0.323 e. The highest BCUT2D eigenvalue weighted by Gasteiger charge is 2.38. The van der Waals surface area contributed by atoms with Gasteiger partial charge in [0.2, 0.25) is 5.91 Å². The first-order valence-corrected chi connectivity index (χ1v) is 9.33. The molecule has 1 saturated carbocycles. The highest BCUT2D eigenvalue weighted by Crippen LogP contribution is 2.31. The fourth-order valence-corrected chi connectivity index (χ4v) is 5.03. The number of aliphatic carboxylic acids is 1. The number of rotatable bonds is 4. The monoisotopic (exact) mass is 317 g/mol. The topological polar surface area (TPSA) is 91.8 Å². The molecule has 21 heavy (non-hydrogen) atoms. The van der Waals surface area contributed by atoms with Crippen molar-refractivity contribution in [3.8, 4) is 0 Å². The molecular weight excluding hydrogens is 294 g/mol. The van der Waals surface area contributed by atoms with Gasteiger partial charge in [0.25, 0.3) is 0 Å². The van der Waals surface area contributed by atoms with Crippen LogP contribution in [0.1, 0.15) is 39.0 Å². The number of sulfone groups is 1. The van der Waals surface area contributed by atoms with Crippen molar-refractivity contribution >= 4 is 21.7 Å². The van der Waals surface area contributed by atoms with Crippen LogP contribution in [0.2, 0.25) is 0 Å². The molecule has 1 atom stereocenters. The Morgan fingerprint density at radius 1 is 1.14 bits per heavy atom. The van der Waals surface area contributed by atoms with E-state index in [4.69, 9.17) is 5.11 Å². The Hall–Kier alpha value is -1.11. The molecule has 120 valence electrons. The van der Waals surface area contributed by atoms with Gasteiger partial charge in [-0.25, -0.2) is 8.42 Å². The van der Waals surface area contributed by atoms with E-state index in [1.165, 1.54) is 4.90 Å². The highest BCUT2D eigenvalue weighted by atomic mass is 32.2. The van der Waals surface area contributed by atoms with Gasteiger partial charge in [0.1, 0.15) is 6.54 Å². The van der Waals surface area contributed by atoms with Crippen LogP contribution >= 0.6 is 0 Å². The molecule has 1 unspecified atom stereocenters. The van der Waals surface area contributed by atoms with Gasteiger partial charge in [-0.15, -0.1) is 0 Å². The third-order valence-electron chi connectivity index (χ3n) is 4.60. The lowest BCUT2D eigenvalue weighted by Crippen LogP contribution is -2.47. The first-order valence-electron chi connectivity index (χ1n) is 7.51. The molecule has 7 heteroatoms. The molecule has 1 N–H and O–H groups in total. The summed E-state index contributed by atoms with van der Waals surface area (Å²) < 4.78 is 23.2. The van der Waals surface area contributed by atoms with Crippen LogP contribution < -0.4 is 0 Å². The second-order valence-electron chi connectivity index (χ2n) is 6.37. The molecule has 0 spiro atoms. The average Bonchev–Trinajstić information content (AvgIpc) is 2.76. The van der Waals surface area contributed by atoms with Gasteiger partial charge in [-0.2, -0.15) is 0 Å². The summed E-state index contributed by atoms with van der Waals surface area (Å²) in [4.78, 5) is 24.9. The Morgan fingerprint density at radius 3 is 2.24 bits per heavy atom. The van der Waals surface area contributed by atoms with Crippen molar-refractivity contribution in [2.24, 2.45) is 11.8 Å².